The minimum atomic E-state index is -3.59. The normalized spacial score (nSPS) is 20.6. The van der Waals surface area contributed by atoms with Crippen molar-refractivity contribution in [2.45, 2.75) is 49.3 Å². The molecule has 2 heterocycles. The molecule has 1 N–H and O–H groups in total. The summed E-state index contributed by atoms with van der Waals surface area (Å²) in [5, 5.41) is 8.81. The van der Waals surface area contributed by atoms with Crippen LogP contribution in [0.5, 0.6) is 0 Å². The second-order valence-corrected chi connectivity index (χ2v) is 8.99. The van der Waals surface area contributed by atoms with E-state index < -0.39 is 16.0 Å². The van der Waals surface area contributed by atoms with Gasteiger partial charge in [-0.15, -0.1) is 11.3 Å². The third kappa shape index (κ3) is 3.77. The molecule has 1 fully saturated rings. The van der Waals surface area contributed by atoms with Gasteiger partial charge in [0.15, 0.2) is 0 Å². The van der Waals surface area contributed by atoms with Crippen molar-refractivity contribution < 1.29 is 18.3 Å². The molecule has 0 bridgehead atoms. The van der Waals surface area contributed by atoms with Gasteiger partial charge in [-0.3, -0.25) is 4.79 Å². The number of halogens is 1. The van der Waals surface area contributed by atoms with Gasteiger partial charge >= 0.3 is 5.97 Å². The average molecular weight is 352 g/mol. The number of sulfonamides is 1. The zero-order valence-electron chi connectivity index (χ0n) is 11.7. The van der Waals surface area contributed by atoms with E-state index in [1.165, 1.54) is 4.31 Å². The van der Waals surface area contributed by atoms with Crippen molar-refractivity contribution in [3.05, 3.63) is 16.0 Å². The van der Waals surface area contributed by atoms with Crippen molar-refractivity contribution in [1.29, 1.82) is 0 Å². The van der Waals surface area contributed by atoms with E-state index in [1.54, 1.807) is 13.0 Å². The smallest absolute Gasteiger partial charge is 0.303 e. The summed E-state index contributed by atoms with van der Waals surface area (Å²) >= 11 is 7.03. The van der Waals surface area contributed by atoms with Crippen LogP contribution in [-0.2, 0) is 14.8 Å². The van der Waals surface area contributed by atoms with Crippen LogP contribution in [0.1, 0.15) is 37.7 Å². The fraction of sp³-hybridized carbons (Fsp3) is 0.615. The van der Waals surface area contributed by atoms with Gasteiger partial charge in [-0.2, -0.15) is 4.31 Å². The number of aliphatic carboxylic acids is 1. The molecule has 1 aliphatic heterocycles. The van der Waals surface area contributed by atoms with Crippen molar-refractivity contribution in [2.75, 3.05) is 6.54 Å². The molecule has 5 nitrogen and oxygen atoms in total. The molecule has 1 unspecified atom stereocenters. The van der Waals surface area contributed by atoms with Crippen LogP contribution >= 0.6 is 22.9 Å². The van der Waals surface area contributed by atoms with Crippen LogP contribution in [-0.4, -0.2) is 36.4 Å². The van der Waals surface area contributed by atoms with Crippen LogP contribution in [0.15, 0.2) is 10.3 Å². The Hall–Kier alpha value is -0.630. The molecule has 1 atom stereocenters. The van der Waals surface area contributed by atoms with Gasteiger partial charge in [-0.05, 0) is 37.8 Å². The van der Waals surface area contributed by atoms with Crippen LogP contribution < -0.4 is 0 Å². The Labute approximate surface area is 133 Å². The van der Waals surface area contributed by atoms with Crippen LogP contribution in [0, 0.1) is 6.92 Å². The van der Waals surface area contributed by atoms with Gasteiger partial charge in [0.1, 0.15) is 4.21 Å². The maximum atomic E-state index is 12.7. The molecule has 1 aliphatic rings. The number of hydrogen-bond donors (Lipinski definition) is 1. The van der Waals surface area contributed by atoms with Gasteiger partial charge in [0.05, 0.1) is 4.34 Å². The zero-order valence-corrected chi connectivity index (χ0v) is 14.1. The molecule has 1 aromatic rings. The third-order valence-corrected chi connectivity index (χ3v) is 7.62. The molecule has 0 spiro atoms. The zero-order chi connectivity index (χ0) is 15.6. The summed E-state index contributed by atoms with van der Waals surface area (Å²) in [5.41, 5.74) is 0.749. The minimum absolute atomic E-state index is 0.0130. The fourth-order valence-corrected chi connectivity index (χ4v) is 6.10. The largest absolute Gasteiger partial charge is 0.481 e. The lowest BCUT2D eigenvalue weighted by Crippen LogP contribution is -2.43. The number of carbonyl (C=O) groups is 1. The Morgan fingerprint density at radius 1 is 1.52 bits per heavy atom. The number of piperidine rings is 1. The van der Waals surface area contributed by atoms with Gasteiger partial charge in [0, 0.05) is 19.0 Å². The molecule has 8 heteroatoms. The van der Waals surface area contributed by atoms with Gasteiger partial charge in [-0.25, -0.2) is 8.42 Å². The first-order chi connectivity index (χ1) is 9.82. The quantitative estimate of drug-likeness (QED) is 0.884. The van der Waals surface area contributed by atoms with Crippen LogP contribution in [0.2, 0.25) is 4.34 Å². The van der Waals surface area contributed by atoms with Gasteiger partial charge < -0.3 is 5.11 Å². The van der Waals surface area contributed by atoms with Crippen molar-refractivity contribution in [2.24, 2.45) is 0 Å². The Morgan fingerprint density at radius 2 is 2.24 bits per heavy atom. The summed E-state index contributed by atoms with van der Waals surface area (Å²) in [6.07, 6.45) is 2.79. The minimum Gasteiger partial charge on any atom is -0.481 e. The topological polar surface area (TPSA) is 74.7 Å². The molecule has 0 amide bonds. The SMILES string of the molecule is Cc1cc(S(=O)(=O)N2CCCCC2CCC(=O)O)sc1Cl. The third-order valence-electron chi connectivity index (χ3n) is 3.66. The number of nitrogens with zero attached hydrogens (tertiary/aromatic N) is 1. The number of thiophene rings is 1. The molecular weight excluding hydrogens is 334 g/mol. The second kappa shape index (κ2) is 6.64. The monoisotopic (exact) mass is 351 g/mol. The lowest BCUT2D eigenvalue weighted by atomic mass is 10.0. The first kappa shape index (κ1) is 16.7. The van der Waals surface area contributed by atoms with Crippen LogP contribution in [0.3, 0.4) is 0 Å². The first-order valence-corrected chi connectivity index (χ1v) is 9.45. The van der Waals surface area contributed by atoms with Crippen molar-refractivity contribution in [3.63, 3.8) is 0 Å². The summed E-state index contributed by atoms with van der Waals surface area (Å²) in [7, 11) is -3.59. The van der Waals surface area contributed by atoms with E-state index >= 15 is 0 Å². The number of carboxylic acid groups (broad SMARTS) is 1. The van der Waals surface area contributed by atoms with Gasteiger partial charge in [-0.1, -0.05) is 18.0 Å². The van der Waals surface area contributed by atoms with Gasteiger partial charge in [0.2, 0.25) is 0 Å². The number of aryl methyl sites for hydroxylation is 1. The second-order valence-electron chi connectivity index (χ2n) is 5.22. The number of rotatable bonds is 5. The molecule has 1 aromatic heterocycles. The van der Waals surface area contributed by atoms with E-state index in [-0.39, 0.29) is 16.7 Å². The van der Waals surface area contributed by atoms with E-state index in [9.17, 15) is 13.2 Å². The Morgan fingerprint density at radius 3 is 2.81 bits per heavy atom. The highest BCUT2D eigenvalue weighted by molar-refractivity contribution is 7.91. The predicted octanol–water partition coefficient (Wildman–Crippen LogP) is 3.12. The summed E-state index contributed by atoms with van der Waals surface area (Å²) in [5.74, 6) is -0.895. The first-order valence-electron chi connectivity index (χ1n) is 6.82. The van der Waals surface area contributed by atoms with E-state index in [4.69, 9.17) is 16.7 Å². The standard InChI is InChI=1S/C13H18ClNO4S2/c1-9-8-12(20-13(9)14)21(18,19)15-7-3-2-4-10(15)5-6-11(16)17/h8,10H,2-7H2,1H3,(H,16,17). The molecule has 1 saturated heterocycles. The molecule has 0 saturated carbocycles. The van der Waals surface area contributed by atoms with Gasteiger partial charge in [0.25, 0.3) is 10.0 Å². The van der Waals surface area contributed by atoms with Crippen molar-refractivity contribution >= 4 is 38.9 Å². The lowest BCUT2D eigenvalue weighted by molar-refractivity contribution is -0.137. The van der Waals surface area contributed by atoms with E-state index in [0.29, 0.717) is 23.7 Å². The number of carboxylic acids is 1. The van der Waals surface area contributed by atoms with Crippen LogP contribution in [0.25, 0.3) is 0 Å². The van der Waals surface area contributed by atoms with Crippen LogP contribution in [0.4, 0.5) is 0 Å². The highest BCUT2D eigenvalue weighted by Gasteiger charge is 2.34. The highest BCUT2D eigenvalue weighted by atomic mass is 35.5. The Balaban J connectivity index is 2.24. The molecule has 0 radical (unpaired) electrons. The fourth-order valence-electron chi connectivity index (χ4n) is 2.54. The average Bonchev–Trinajstić information content (AvgIpc) is 2.77. The van der Waals surface area contributed by atoms with E-state index in [0.717, 1.165) is 29.7 Å². The van der Waals surface area contributed by atoms with Crippen molar-refractivity contribution in [1.82, 2.24) is 4.31 Å². The summed E-state index contributed by atoms with van der Waals surface area (Å²) < 4.78 is 27.7. The molecule has 2 rings (SSSR count). The Bertz CT molecular complexity index is 607. The maximum Gasteiger partial charge on any atom is 0.303 e. The summed E-state index contributed by atoms with van der Waals surface area (Å²) in [6, 6.07) is 1.35. The molecule has 21 heavy (non-hydrogen) atoms. The van der Waals surface area contributed by atoms with E-state index in [2.05, 4.69) is 0 Å². The Kier molecular flexibility index (Phi) is 5.29. The predicted molar refractivity (Wildman–Crippen MR) is 82.5 cm³/mol. The lowest BCUT2D eigenvalue weighted by Gasteiger charge is -2.34. The summed E-state index contributed by atoms with van der Waals surface area (Å²) in [4.78, 5) is 10.7. The van der Waals surface area contributed by atoms with Crippen molar-refractivity contribution in [3.8, 4) is 0 Å². The highest BCUT2D eigenvalue weighted by Crippen LogP contribution is 2.35. The summed E-state index contributed by atoms with van der Waals surface area (Å²) in [6.45, 7) is 2.22. The molecule has 0 aliphatic carbocycles. The van der Waals surface area contributed by atoms with E-state index in [1.807, 2.05) is 0 Å². The maximum absolute atomic E-state index is 12.7. The molecule has 0 aromatic carbocycles. The number of hydrogen-bond acceptors (Lipinski definition) is 4. The molecular formula is C13H18ClNO4S2. The molecule has 118 valence electrons.